The molecule has 6 atom stereocenters. The normalized spacial score (nSPS) is 44.3. The van der Waals surface area contributed by atoms with E-state index in [1.54, 1.807) is 0 Å². The van der Waals surface area contributed by atoms with Crippen LogP contribution in [0.15, 0.2) is 18.3 Å². The van der Waals surface area contributed by atoms with Gasteiger partial charge in [-0.25, -0.2) is 0 Å². The number of hydrogen-bond donors (Lipinski definition) is 3. The number of fused-ring (bicyclic) bond motifs is 2. The van der Waals surface area contributed by atoms with E-state index in [2.05, 4.69) is 36.2 Å². The van der Waals surface area contributed by atoms with E-state index in [0.29, 0.717) is 29.1 Å². The number of aromatic nitrogens is 2. The third kappa shape index (κ3) is 2.22. The van der Waals surface area contributed by atoms with Gasteiger partial charge in [-0.2, -0.15) is 5.10 Å². The Balaban J connectivity index is 1.68. The molecule has 0 unspecified atom stereocenters. The van der Waals surface area contributed by atoms with Gasteiger partial charge in [0.25, 0.3) is 0 Å². The van der Waals surface area contributed by atoms with Crippen LogP contribution >= 0.6 is 0 Å². The highest BCUT2D eigenvalue weighted by Crippen LogP contribution is 2.59. The number of hydrogen-bond acceptors (Lipinski definition) is 3. The fourth-order valence-corrected chi connectivity index (χ4v) is 6.33. The molecule has 1 aromatic rings. The van der Waals surface area contributed by atoms with Gasteiger partial charge in [0, 0.05) is 12.3 Å². The molecule has 24 heavy (non-hydrogen) atoms. The zero-order chi connectivity index (χ0) is 16.9. The molecule has 1 fully saturated rings. The summed E-state index contributed by atoms with van der Waals surface area (Å²) in [6.07, 6.45) is 12.4. The van der Waals surface area contributed by atoms with E-state index in [9.17, 15) is 5.11 Å². The average molecular weight is 329 g/mol. The molecule has 4 N–H and O–H groups in total. The third-order valence-electron chi connectivity index (χ3n) is 7.86. The fourth-order valence-electron chi connectivity index (χ4n) is 6.33. The van der Waals surface area contributed by atoms with Crippen molar-refractivity contribution in [2.45, 2.75) is 46.0 Å². The zero-order valence-electron chi connectivity index (χ0n) is 15.0. The van der Waals surface area contributed by atoms with Gasteiger partial charge in [-0.15, -0.1) is 0 Å². The molecular formula is C20H31N3O. The Bertz CT molecular complexity index is 639. The lowest BCUT2D eigenvalue weighted by Crippen LogP contribution is -2.52. The molecule has 4 nitrogen and oxygen atoms in total. The molecule has 1 aromatic heterocycles. The van der Waals surface area contributed by atoms with Gasteiger partial charge in [0.15, 0.2) is 0 Å². The molecule has 0 aliphatic heterocycles. The Morgan fingerprint density at radius 1 is 1.38 bits per heavy atom. The van der Waals surface area contributed by atoms with Crippen molar-refractivity contribution in [1.82, 2.24) is 10.2 Å². The average Bonchev–Trinajstić information content (AvgIpc) is 3.17. The van der Waals surface area contributed by atoms with E-state index in [1.807, 2.05) is 6.20 Å². The predicted octanol–water partition coefficient (Wildman–Crippen LogP) is 2.69. The molecule has 0 spiro atoms. The third-order valence-corrected chi connectivity index (χ3v) is 7.86. The minimum Gasteiger partial charge on any atom is -0.396 e. The highest BCUT2D eigenvalue weighted by atomic mass is 16.3. The summed E-state index contributed by atoms with van der Waals surface area (Å²) in [6, 6.07) is 0. The van der Waals surface area contributed by atoms with E-state index < -0.39 is 0 Å². The van der Waals surface area contributed by atoms with E-state index in [4.69, 9.17) is 5.73 Å². The summed E-state index contributed by atoms with van der Waals surface area (Å²) >= 11 is 0. The van der Waals surface area contributed by atoms with Crippen LogP contribution in [0, 0.1) is 34.5 Å². The zero-order valence-corrected chi connectivity index (χ0v) is 15.0. The smallest absolute Gasteiger partial charge is 0.0522 e. The van der Waals surface area contributed by atoms with E-state index in [0.717, 1.165) is 19.4 Å². The van der Waals surface area contributed by atoms with Gasteiger partial charge in [-0.05, 0) is 78.7 Å². The minimum atomic E-state index is 0.111. The molecule has 4 heteroatoms. The molecular weight excluding hydrogens is 298 g/mol. The predicted molar refractivity (Wildman–Crippen MR) is 95.3 cm³/mol. The summed E-state index contributed by atoms with van der Waals surface area (Å²) in [7, 11) is 0. The molecule has 0 aromatic carbocycles. The topological polar surface area (TPSA) is 74.9 Å². The maximum Gasteiger partial charge on any atom is 0.0522 e. The summed E-state index contributed by atoms with van der Waals surface area (Å²) < 4.78 is 0. The van der Waals surface area contributed by atoms with Gasteiger partial charge < -0.3 is 10.8 Å². The second kappa shape index (κ2) is 5.70. The van der Waals surface area contributed by atoms with E-state index >= 15 is 0 Å². The fraction of sp³-hybridized carbons (Fsp3) is 0.750. The molecule has 0 amide bonds. The molecule has 0 saturated heterocycles. The number of aliphatic hydroxyl groups excluding tert-OH is 1. The van der Waals surface area contributed by atoms with Crippen molar-refractivity contribution in [1.29, 1.82) is 0 Å². The van der Waals surface area contributed by atoms with E-state index in [-0.39, 0.29) is 12.0 Å². The maximum absolute atomic E-state index is 10.1. The van der Waals surface area contributed by atoms with Crippen LogP contribution in [0.2, 0.25) is 0 Å². The van der Waals surface area contributed by atoms with Crippen LogP contribution in [-0.2, 0) is 12.8 Å². The lowest BCUT2D eigenvalue weighted by Gasteiger charge is -2.55. The Morgan fingerprint density at radius 2 is 2.21 bits per heavy atom. The van der Waals surface area contributed by atoms with Crippen LogP contribution in [0.4, 0.5) is 0 Å². The summed E-state index contributed by atoms with van der Waals surface area (Å²) in [6.45, 7) is 5.84. The van der Waals surface area contributed by atoms with Crippen molar-refractivity contribution < 1.29 is 5.11 Å². The maximum atomic E-state index is 10.1. The number of allylic oxidation sites excluding steroid dienone is 2. The monoisotopic (exact) mass is 329 g/mol. The number of nitrogens with one attached hydrogen (secondary N) is 1. The number of aliphatic hydroxyl groups is 1. The van der Waals surface area contributed by atoms with Gasteiger partial charge >= 0.3 is 0 Å². The van der Waals surface area contributed by atoms with Gasteiger partial charge in [0.1, 0.15) is 0 Å². The first-order valence-electron chi connectivity index (χ1n) is 9.51. The van der Waals surface area contributed by atoms with Crippen molar-refractivity contribution in [3.05, 3.63) is 29.6 Å². The summed E-state index contributed by atoms with van der Waals surface area (Å²) in [5.41, 5.74) is 9.34. The van der Waals surface area contributed by atoms with Crippen molar-refractivity contribution in [2.75, 3.05) is 13.2 Å². The quantitative estimate of drug-likeness (QED) is 0.746. The molecule has 132 valence electrons. The van der Waals surface area contributed by atoms with Crippen LogP contribution in [-0.4, -0.2) is 28.5 Å². The second-order valence-corrected chi connectivity index (χ2v) is 8.94. The molecule has 0 radical (unpaired) electrons. The van der Waals surface area contributed by atoms with Crippen molar-refractivity contribution in [3.63, 3.8) is 0 Å². The molecule has 4 rings (SSSR count). The molecule has 1 heterocycles. The van der Waals surface area contributed by atoms with Crippen molar-refractivity contribution >= 4 is 0 Å². The number of rotatable bonds is 3. The molecule has 3 aliphatic carbocycles. The van der Waals surface area contributed by atoms with Gasteiger partial charge in [-0.1, -0.05) is 26.0 Å². The van der Waals surface area contributed by atoms with Crippen LogP contribution in [0.5, 0.6) is 0 Å². The number of nitrogens with two attached hydrogens (primary N) is 1. The summed E-state index contributed by atoms with van der Waals surface area (Å²) in [5, 5.41) is 17.5. The Morgan fingerprint density at radius 3 is 2.96 bits per heavy atom. The molecule has 3 aliphatic rings. The lowest BCUT2D eigenvalue weighted by atomic mass is 9.49. The highest BCUT2D eigenvalue weighted by molar-refractivity contribution is 5.25. The largest absolute Gasteiger partial charge is 0.396 e. The first kappa shape index (κ1) is 16.3. The minimum absolute atomic E-state index is 0.111. The van der Waals surface area contributed by atoms with Crippen molar-refractivity contribution in [2.24, 2.45) is 40.2 Å². The van der Waals surface area contributed by atoms with Crippen LogP contribution < -0.4 is 5.73 Å². The lowest BCUT2D eigenvalue weighted by molar-refractivity contribution is -0.0533. The van der Waals surface area contributed by atoms with Crippen LogP contribution in [0.25, 0.3) is 0 Å². The van der Waals surface area contributed by atoms with Crippen LogP contribution in [0.1, 0.15) is 44.4 Å². The second-order valence-electron chi connectivity index (χ2n) is 8.94. The van der Waals surface area contributed by atoms with Gasteiger partial charge in [0.05, 0.1) is 6.20 Å². The summed E-state index contributed by atoms with van der Waals surface area (Å²) in [4.78, 5) is 0. The number of nitrogens with zero attached hydrogens (tertiary/aromatic N) is 1. The Kier molecular flexibility index (Phi) is 3.88. The van der Waals surface area contributed by atoms with Crippen LogP contribution in [0.3, 0.4) is 0 Å². The SMILES string of the molecule is C[C@]1([C@H]2CC[C@]3(C)C=CC[C@H]3[C@@H]2CN)Cc2cn[nH]c2C[C@@H]1CO. The highest BCUT2D eigenvalue weighted by Gasteiger charge is 2.54. The molecule has 0 bridgehead atoms. The number of aromatic amines is 1. The summed E-state index contributed by atoms with van der Waals surface area (Å²) in [5.74, 6) is 2.10. The first-order valence-corrected chi connectivity index (χ1v) is 9.51. The van der Waals surface area contributed by atoms with E-state index in [1.165, 1.54) is 30.5 Å². The number of H-pyrrole nitrogens is 1. The van der Waals surface area contributed by atoms with Crippen molar-refractivity contribution in [3.8, 4) is 0 Å². The standard InChI is InChI=1S/C20H31N3O/c1-19-6-3-4-16(19)15(10-21)17(5-7-19)20(2)9-13-11-22-23-18(13)8-14(20)12-24/h3,6,11,14-17,24H,4-5,7-10,12,21H2,1-2H3,(H,22,23)/t14-,15+,16+,17+,19+,20+/m1/s1. The first-order chi connectivity index (χ1) is 11.5. The van der Waals surface area contributed by atoms with Gasteiger partial charge in [0.2, 0.25) is 0 Å². The Labute approximate surface area is 144 Å². The Hall–Kier alpha value is -1.13. The molecule has 1 saturated carbocycles. The van der Waals surface area contributed by atoms with Gasteiger partial charge in [-0.3, -0.25) is 5.10 Å².